The van der Waals surface area contributed by atoms with Crippen molar-refractivity contribution in [3.8, 4) is 0 Å². The summed E-state index contributed by atoms with van der Waals surface area (Å²) >= 11 is 3.24. The average Bonchev–Trinajstić information content (AvgIpc) is 2.14. The number of hydrogen-bond acceptors (Lipinski definition) is 3. The molecule has 0 fully saturated rings. The highest BCUT2D eigenvalue weighted by molar-refractivity contribution is 9.10. The van der Waals surface area contributed by atoms with Gasteiger partial charge in [0.15, 0.2) is 0 Å². The van der Waals surface area contributed by atoms with Crippen LogP contribution in [0.4, 0.5) is 0 Å². The zero-order valence-electron chi connectivity index (χ0n) is 9.53. The van der Waals surface area contributed by atoms with Crippen molar-refractivity contribution in [2.75, 3.05) is 0 Å². The van der Waals surface area contributed by atoms with Crippen molar-refractivity contribution in [3.63, 3.8) is 0 Å². The second kappa shape index (κ2) is 5.25. The molecule has 0 aliphatic heterocycles. The van der Waals surface area contributed by atoms with Gasteiger partial charge in [-0.25, -0.2) is 9.78 Å². The number of aromatic nitrogens is 1. The maximum absolute atomic E-state index is 11.4. The van der Waals surface area contributed by atoms with Gasteiger partial charge in [0.2, 0.25) is 0 Å². The molecule has 0 atom stereocenters. The molecule has 0 radical (unpaired) electrons. The molecule has 0 N–H and O–H groups in total. The number of carbonyl (C=O) groups excluding carboxylic acids is 1. The van der Waals surface area contributed by atoms with E-state index in [1.165, 1.54) is 6.08 Å². The lowest BCUT2D eigenvalue weighted by Gasteiger charge is -2.17. The predicted octanol–water partition coefficient (Wildman–Crippen LogP) is 3.20. The van der Waals surface area contributed by atoms with Crippen LogP contribution in [0.3, 0.4) is 0 Å². The molecule has 1 rings (SSSR count). The first kappa shape index (κ1) is 12.9. The van der Waals surface area contributed by atoms with Crippen LogP contribution >= 0.6 is 15.9 Å². The summed E-state index contributed by atoms with van der Waals surface area (Å²) in [6.45, 7) is 5.50. The van der Waals surface area contributed by atoms with Crippen LogP contribution in [0.1, 0.15) is 26.3 Å². The van der Waals surface area contributed by atoms with Gasteiger partial charge in [0.1, 0.15) is 10.2 Å². The van der Waals surface area contributed by atoms with E-state index in [2.05, 4.69) is 20.9 Å². The Bertz CT molecular complexity index is 390. The van der Waals surface area contributed by atoms with Crippen LogP contribution in [0.15, 0.2) is 29.0 Å². The second-order valence-electron chi connectivity index (χ2n) is 4.28. The Morgan fingerprint density at radius 2 is 2.12 bits per heavy atom. The fourth-order valence-electron chi connectivity index (χ4n) is 0.986. The normalized spacial score (nSPS) is 11.8. The maximum atomic E-state index is 11.4. The minimum atomic E-state index is -0.459. The van der Waals surface area contributed by atoms with Crippen LogP contribution in [-0.4, -0.2) is 16.6 Å². The first-order chi connectivity index (χ1) is 7.37. The molecule has 1 aromatic rings. The maximum Gasteiger partial charge on any atom is 0.331 e. The lowest BCUT2D eigenvalue weighted by Crippen LogP contribution is -2.22. The third-order valence-corrected chi connectivity index (χ3v) is 2.04. The van der Waals surface area contributed by atoms with E-state index in [1.807, 2.05) is 32.9 Å². The second-order valence-corrected chi connectivity index (χ2v) is 5.09. The number of hydrogen-bond donors (Lipinski definition) is 0. The molecule has 1 aromatic heterocycles. The third kappa shape index (κ3) is 5.07. The summed E-state index contributed by atoms with van der Waals surface area (Å²) < 4.78 is 5.89. The topological polar surface area (TPSA) is 39.2 Å². The van der Waals surface area contributed by atoms with Gasteiger partial charge in [-0.2, -0.15) is 0 Å². The number of halogens is 1. The molecule has 1 heterocycles. The number of esters is 1. The standard InChI is InChI=1S/C12H14BrNO2/c1-12(2,3)16-11(15)7-5-9-4-6-10(13)14-8-9/h4-8H,1-3H3. The van der Waals surface area contributed by atoms with E-state index in [-0.39, 0.29) is 5.97 Å². The molecule has 0 saturated carbocycles. The van der Waals surface area contributed by atoms with Crippen molar-refractivity contribution in [1.29, 1.82) is 0 Å². The summed E-state index contributed by atoms with van der Waals surface area (Å²) in [6.07, 6.45) is 4.74. The molecule has 0 amide bonds. The fourth-order valence-corrected chi connectivity index (χ4v) is 1.22. The Morgan fingerprint density at radius 3 is 2.62 bits per heavy atom. The molecule has 86 valence electrons. The van der Waals surface area contributed by atoms with E-state index in [0.717, 1.165) is 10.2 Å². The first-order valence-electron chi connectivity index (χ1n) is 4.89. The minimum Gasteiger partial charge on any atom is -0.457 e. The van der Waals surface area contributed by atoms with E-state index in [1.54, 1.807) is 12.3 Å². The molecule has 0 spiro atoms. The Morgan fingerprint density at radius 1 is 1.44 bits per heavy atom. The number of carbonyl (C=O) groups is 1. The minimum absolute atomic E-state index is 0.351. The predicted molar refractivity (Wildman–Crippen MR) is 66.8 cm³/mol. The molecular formula is C12H14BrNO2. The lowest BCUT2D eigenvalue weighted by atomic mass is 10.2. The molecule has 0 saturated heterocycles. The highest BCUT2D eigenvalue weighted by Crippen LogP contribution is 2.10. The lowest BCUT2D eigenvalue weighted by molar-refractivity contribution is -0.148. The summed E-state index contributed by atoms with van der Waals surface area (Å²) in [5.41, 5.74) is 0.397. The molecule has 4 heteroatoms. The number of nitrogens with zero attached hydrogens (tertiary/aromatic N) is 1. The van der Waals surface area contributed by atoms with Crippen molar-refractivity contribution in [2.45, 2.75) is 26.4 Å². The summed E-state index contributed by atoms with van der Waals surface area (Å²) in [6, 6.07) is 3.67. The van der Waals surface area contributed by atoms with Crippen LogP contribution in [-0.2, 0) is 9.53 Å². The van der Waals surface area contributed by atoms with Crippen LogP contribution in [0.25, 0.3) is 6.08 Å². The van der Waals surface area contributed by atoms with Crippen LogP contribution in [0.5, 0.6) is 0 Å². The van der Waals surface area contributed by atoms with Crippen LogP contribution < -0.4 is 0 Å². The van der Waals surface area contributed by atoms with Gasteiger partial charge < -0.3 is 4.74 Å². The number of ether oxygens (including phenoxy) is 1. The Labute approximate surface area is 104 Å². The van der Waals surface area contributed by atoms with Crippen LogP contribution in [0.2, 0.25) is 0 Å². The van der Waals surface area contributed by atoms with Gasteiger partial charge >= 0.3 is 5.97 Å². The zero-order valence-corrected chi connectivity index (χ0v) is 11.1. The Balaban J connectivity index is 2.60. The third-order valence-electron chi connectivity index (χ3n) is 1.57. The highest BCUT2D eigenvalue weighted by atomic mass is 79.9. The molecule has 0 unspecified atom stereocenters. The van der Waals surface area contributed by atoms with Crippen molar-refractivity contribution in [3.05, 3.63) is 34.6 Å². The van der Waals surface area contributed by atoms with Crippen molar-refractivity contribution < 1.29 is 9.53 Å². The molecule has 0 bridgehead atoms. The molecule has 16 heavy (non-hydrogen) atoms. The summed E-state index contributed by atoms with van der Waals surface area (Å²) in [7, 11) is 0. The van der Waals surface area contributed by atoms with Gasteiger partial charge in [0, 0.05) is 12.3 Å². The summed E-state index contributed by atoms with van der Waals surface area (Å²) in [5.74, 6) is -0.351. The first-order valence-corrected chi connectivity index (χ1v) is 5.69. The summed E-state index contributed by atoms with van der Waals surface area (Å²) in [5, 5.41) is 0. The monoisotopic (exact) mass is 283 g/mol. The van der Waals surface area contributed by atoms with E-state index in [4.69, 9.17) is 4.74 Å². The van der Waals surface area contributed by atoms with Gasteiger partial charge in [-0.1, -0.05) is 6.07 Å². The molecule has 3 nitrogen and oxygen atoms in total. The number of pyridine rings is 1. The number of rotatable bonds is 2. The van der Waals surface area contributed by atoms with E-state index in [0.29, 0.717) is 0 Å². The summed E-state index contributed by atoms with van der Waals surface area (Å²) in [4.78, 5) is 15.4. The fraction of sp³-hybridized carbons (Fsp3) is 0.333. The SMILES string of the molecule is CC(C)(C)OC(=O)C=Cc1ccc(Br)nc1. The van der Waals surface area contributed by atoms with Crippen molar-refractivity contribution in [1.82, 2.24) is 4.98 Å². The molecule has 0 aliphatic carbocycles. The quantitative estimate of drug-likeness (QED) is 0.475. The largest absolute Gasteiger partial charge is 0.457 e. The van der Waals surface area contributed by atoms with Crippen LogP contribution in [0, 0.1) is 0 Å². The molecular weight excluding hydrogens is 270 g/mol. The zero-order chi connectivity index (χ0) is 12.2. The van der Waals surface area contributed by atoms with Gasteiger partial charge in [0.25, 0.3) is 0 Å². The van der Waals surface area contributed by atoms with Gasteiger partial charge in [-0.15, -0.1) is 0 Å². The van der Waals surface area contributed by atoms with Crippen molar-refractivity contribution >= 4 is 28.0 Å². The average molecular weight is 284 g/mol. The van der Waals surface area contributed by atoms with Crippen molar-refractivity contribution in [2.24, 2.45) is 0 Å². The van der Waals surface area contributed by atoms with Gasteiger partial charge in [0.05, 0.1) is 0 Å². The smallest absolute Gasteiger partial charge is 0.331 e. The molecule has 0 aromatic carbocycles. The van der Waals surface area contributed by atoms with E-state index >= 15 is 0 Å². The Kier molecular flexibility index (Phi) is 4.24. The van der Waals surface area contributed by atoms with Gasteiger partial charge in [-0.3, -0.25) is 0 Å². The van der Waals surface area contributed by atoms with E-state index in [9.17, 15) is 4.79 Å². The highest BCUT2D eigenvalue weighted by Gasteiger charge is 2.13. The van der Waals surface area contributed by atoms with E-state index < -0.39 is 5.60 Å². The Hall–Kier alpha value is -1.16. The molecule has 0 aliphatic rings. The van der Waals surface area contributed by atoms with Gasteiger partial charge in [-0.05, 0) is 54.4 Å².